The maximum Gasteiger partial charge on any atom is 0.189 e. The normalized spacial score (nSPS) is 10.9. The minimum atomic E-state index is -0.786. The summed E-state index contributed by atoms with van der Waals surface area (Å²) < 4.78 is 26.4. The molecule has 1 heterocycles. The van der Waals surface area contributed by atoms with Gasteiger partial charge in [0.15, 0.2) is 11.2 Å². The zero-order valence-corrected chi connectivity index (χ0v) is 9.28. The summed E-state index contributed by atoms with van der Waals surface area (Å²) in [6.07, 6.45) is 0. The molecule has 0 aliphatic heterocycles. The van der Waals surface area contributed by atoms with Gasteiger partial charge in [-0.2, -0.15) is 0 Å². The lowest BCUT2D eigenvalue weighted by Gasteiger charge is -2.04. The van der Waals surface area contributed by atoms with Gasteiger partial charge >= 0.3 is 0 Å². The molecule has 0 aliphatic rings. The third-order valence-corrected chi connectivity index (χ3v) is 2.82. The number of aromatic nitrogens is 1. The van der Waals surface area contributed by atoms with E-state index in [0.29, 0.717) is 5.69 Å². The van der Waals surface area contributed by atoms with Crippen LogP contribution < -0.4 is 5.43 Å². The molecule has 2 nitrogen and oxygen atoms in total. The molecule has 78 valence electrons. The van der Waals surface area contributed by atoms with Crippen molar-refractivity contribution in [2.75, 3.05) is 0 Å². The summed E-state index contributed by atoms with van der Waals surface area (Å²) in [6, 6.07) is 2.32. The van der Waals surface area contributed by atoms with Crippen LogP contribution in [0.1, 0.15) is 5.69 Å². The van der Waals surface area contributed by atoms with Crippen LogP contribution in [0.3, 0.4) is 0 Å². The minimum Gasteiger partial charge on any atom is -0.356 e. The number of aromatic amines is 1. The van der Waals surface area contributed by atoms with E-state index in [2.05, 4.69) is 20.9 Å². The van der Waals surface area contributed by atoms with Crippen LogP contribution in [0, 0.1) is 18.6 Å². The van der Waals surface area contributed by atoms with Crippen molar-refractivity contribution in [2.45, 2.75) is 6.92 Å². The number of hydrogen-bond acceptors (Lipinski definition) is 1. The number of benzene rings is 1. The lowest BCUT2D eigenvalue weighted by Crippen LogP contribution is -2.05. The van der Waals surface area contributed by atoms with Gasteiger partial charge in [-0.05, 0) is 28.9 Å². The molecule has 0 radical (unpaired) electrons. The Morgan fingerprint density at radius 1 is 1.33 bits per heavy atom. The van der Waals surface area contributed by atoms with Crippen molar-refractivity contribution in [3.05, 3.63) is 44.2 Å². The largest absolute Gasteiger partial charge is 0.356 e. The van der Waals surface area contributed by atoms with Gasteiger partial charge in [0.25, 0.3) is 0 Å². The maximum absolute atomic E-state index is 13.6. The number of nitrogens with one attached hydrogen (secondary N) is 1. The molecule has 1 aromatic heterocycles. The van der Waals surface area contributed by atoms with Crippen LogP contribution in [0.2, 0.25) is 0 Å². The van der Waals surface area contributed by atoms with Gasteiger partial charge in [0, 0.05) is 11.8 Å². The SMILES string of the molecule is Cc1cc(=O)c2cc(F)c(Br)c(F)c2[nH]1. The van der Waals surface area contributed by atoms with E-state index in [0.717, 1.165) is 6.07 Å². The molecule has 0 amide bonds. The van der Waals surface area contributed by atoms with Gasteiger partial charge in [-0.15, -0.1) is 0 Å². The predicted octanol–water partition coefficient (Wildman–Crippen LogP) is 2.88. The van der Waals surface area contributed by atoms with Crippen molar-refractivity contribution in [3.63, 3.8) is 0 Å². The average Bonchev–Trinajstić information content (AvgIpc) is 2.17. The molecule has 0 aliphatic carbocycles. The van der Waals surface area contributed by atoms with Gasteiger partial charge in [0.1, 0.15) is 5.82 Å². The molecular formula is C10H6BrF2NO. The Balaban J connectivity index is 3.05. The fourth-order valence-corrected chi connectivity index (χ4v) is 1.73. The maximum atomic E-state index is 13.6. The molecule has 1 aromatic carbocycles. The molecule has 0 bridgehead atoms. The first-order valence-corrected chi connectivity index (χ1v) is 4.97. The van der Waals surface area contributed by atoms with Crippen molar-refractivity contribution in [1.82, 2.24) is 4.98 Å². The topological polar surface area (TPSA) is 32.9 Å². The van der Waals surface area contributed by atoms with Crippen LogP contribution in [-0.4, -0.2) is 4.98 Å². The van der Waals surface area contributed by atoms with Crippen molar-refractivity contribution in [1.29, 1.82) is 0 Å². The highest BCUT2D eigenvalue weighted by Gasteiger charge is 2.13. The van der Waals surface area contributed by atoms with Crippen LogP contribution in [0.15, 0.2) is 21.4 Å². The van der Waals surface area contributed by atoms with Crippen LogP contribution in [0.4, 0.5) is 8.78 Å². The van der Waals surface area contributed by atoms with Crippen molar-refractivity contribution >= 4 is 26.8 Å². The van der Waals surface area contributed by atoms with E-state index in [1.807, 2.05) is 0 Å². The highest BCUT2D eigenvalue weighted by molar-refractivity contribution is 9.10. The van der Waals surface area contributed by atoms with E-state index < -0.39 is 17.1 Å². The summed E-state index contributed by atoms with van der Waals surface area (Å²) in [4.78, 5) is 14.1. The number of aryl methyl sites for hydroxylation is 1. The highest BCUT2D eigenvalue weighted by atomic mass is 79.9. The quantitative estimate of drug-likeness (QED) is 0.736. The number of halogens is 3. The number of hydrogen-bond donors (Lipinski definition) is 1. The molecule has 2 rings (SSSR count). The zero-order chi connectivity index (χ0) is 11.2. The molecule has 5 heteroatoms. The lowest BCUT2D eigenvalue weighted by atomic mass is 10.2. The summed E-state index contributed by atoms with van der Waals surface area (Å²) in [5.41, 5.74) is 0.157. The molecule has 15 heavy (non-hydrogen) atoms. The van der Waals surface area contributed by atoms with Crippen LogP contribution in [0.5, 0.6) is 0 Å². The molecule has 0 atom stereocenters. The van der Waals surface area contributed by atoms with Crippen LogP contribution in [-0.2, 0) is 0 Å². The van der Waals surface area contributed by atoms with Gasteiger partial charge in [0.2, 0.25) is 0 Å². The number of rotatable bonds is 0. The molecule has 0 fully saturated rings. The smallest absolute Gasteiger partial charge is 0.189 e. The zero-order valence-electron chi connectivity index (χ0n) is 7.70. The van der Waals surface area contributed by atoms with Crippen LogP contribution in [0.25, 0.3) is 10.9 Å². The number of fused-ring (bicyclic) bond motifs is 1. The standard InChI is InChI=1S/C10H6BrF2NO/c1-4-2-7(15)5-3-6(12)8(11)9(13)10(5)14-4/h2-3H,1H3,(H,14,15). The summed E-state index contributed by atoms with van der Waals surface area (Å²) in [5, 5.41) is 0.0128. The Kier molecular flexibility index (Phi) is 2.34. The Morgan fingerprint density at radius 2 is 2.00 bits per heavy atom. The summed E-state index contributed by atoms with van der Waals surface area (Å²) in [6.45, 7) is 1.64. The van der Waals surface area contributed by atoms with Gasteiger partial charge in [-0.1, -0.05) is 0 Å². The summed E-state index contributed by atoms with van der Waals surface area (Å²) >= 11 is 2.78. The van der Waals surface area contributed by atoms with Crippen molar-refractivity contribution < 1.29 is 8.78 Å². The first-order valence-electron chi connectivity index (χ1n) is 4.18. The summed E-state index contributed by atoms with van der Waals surface area (Å²) in [5.74, 6) is -1.57. The Bertz CT molecular complexity index is 606. The first kappa shape index (κ1) is 10.3. The lowest BCUT2D eigenvalue weighted by molar-refractivity contribution is 0.579. The average molecular weight is 274 g/mol. The predicted molar refractivity (Wildman–Crippen MR) is 56.9 cm³/mol. The molecule has 2 aromatic rings. The molecule has 0 saturated heterocycles. The fraction of sp³-hybridized carbons (Fsp3) is 0.100. The Labute approximate surface area is 92.1 Å². The molecular weight excluding hydrogens is 268 g/mol. The van der Waals surface area contributed by atoms with Crippen LogP contribution >= 0.6 is 15.9 Å². The Morgan fingerprint density at radius 3 is 2.67 bits per heavy atom. The van der Waals surface area contributed by atoms with Gasteiger partial charge in [-0.3, -0.25) is 4.79 Å². The first-order chi connectivity index (χ1) is 7.00. The monoisotopic (exact) mass is 273 g/mol. The van der Waals surface area contributed by atoms with Crippen molar-refractivity contribution in [3.8, 4) is 0 Å². The van der Waals surface area contributed by atoms with Gasteiger partial charge in [0.05, 0.1) is 15.4 Å². The second-order valence-corrected chi connectivity index (χ2v) is 4.02. The molecule has 0 spiro atoms. The molecule has 0 saturated carbocycles. The summed E-state index contributed by atoms with van der Waals surface area (Å²) in [7, 11) is 0. The van der Waals surface area contributed by atoms with E-state index in [-0.39, 0.29) is 15.4 Å². The third kappa shape index (κ3) is 1.56. The number of H-pyrrole nitrogens is 1. The van der Waals surface area contributed by atoms with E-state index in [1.54, 1.807) is 6.92 Å². The van der Waals surface area contributed by atoms with Gasteiger partial charge < -0.3 is 4.98 Å². The van der Waals surface area contributed by atoms with E-state index in [9.17, 15) is 13.6 Å². The van der Waals surface area contributed by atoms with Gasteiger partial charge in [-0.25, -0.2) is 8.78 Å². The van der Waals surface area contributed by atoms with Crippen molar-refractivity contribution in [2.24, 2.45) is 0 Å². The minimum absolute atomic E-state index is 0.0128. The highest BCUT2D eigenvalue weighted by Crippen LogP contribution is 2.25. The van der Waals surface area contributed by atoms with E-state index in [1.165, 1.54) is 6.07 Å². The Hall–Kier alpha value is -1.23. The molecule has 1 N–H and O–H groups in total. The second kappa shape index (κ2) is 3.41. The van der Waals surface area contributed by atoms with E-state index >= 15 is 0 Å². The fourth-order valence-electron chi connectivity index (χ4n) is 1.42. The third-order valence-electron chi connectivity index (χ3n) is 2.10. The number of pyridine rings is 1. The second-order valence-electron chi connectivity index (χ2n) is 3.23. The van der Waals surface area contributed by atoms with E-state index in [4.69, 9.17) is 0 Å². The molecule has 0 unspecified atom stereocenters.